The van der Waals surface area contributed by atoms with Gasteiger partial charge in [0.15, 0.2) is 16.9 Å². The Hall–Kier alpha value is -3.04. The molecule has 2 aromatic carbocycles. The molecule has 8 nitrogen and oxygen atoms in total. The monoisotopic (exact) mass is 472 g/mol. The summed E-state index contributed by atoms with van der Waals surface area (Å²) in [6.07, 6.45) is 2.91. The molecule has 3 N–H and O–H groups in total. The molecule has 0 aliphatic heterocycles. The summed E-state index contributed by atoms with van der Waals surface area (Å²) >= 11 is 1.35. The first kappa shape index (κ1) is 24.6. The number of ether oxygens (including phenoxy) is 3. The Bertz CT molecular complexity index is 1150. The molecule has 0 bridgehead atoms. The zero-order chi connectivity index (χ0) is 24.3. The third kappa shape index (κ3) is 4.99. The predicted octanol–water partition coefficient (Wildman–Crippen LogP) is 2.83. The van der Waals surface area contributed by atoms with Crippen LogP contribution in [0.3, 0.4) is 0 Å². The first-order chi connectivity index (χ1) is 15.7. The van der Waals surface area contributed by atoms with E-state index in [1.54, 1.807) is 18.2 Å². The lowest BCUT2D eigenvalue weighted by Crippen LogP contribution is -2.31. The molecule has 1 aliphatic carbocycles. The fourth-order valence-corrected chi connectivity index (χ4v) is 4.45. The lowest BCUT2D eigenvalue weighted by Gasteiger charge is -2.20. The van der Waals surface area contributed by atoms with Gasteiger partial charge >= 0.3 is 5.97 Å². The van der Waals surface area contributed by atoms with Crippen LogP contribution in [0.25, 0.3) is 11.1 Å². The summed E-state index contributed by atoms with van der Waals surface area (Å²) in [6.45, 7) is 2.98. The second-order valence-electron chi connectivity index (χ2n) is 7.76. The average molecular weight is 473 g/mol. The highest BCUT2D eigenvalue weighted by atomic mass is 32.2. The summed E-state index contributed by atoms with van der Waals surface area (Å²) in [4.78, 5) is 37.6. The number of hydrogen-bond acceptors (Lipinski definition) is 8. The van der Waals surface area contributed by atoms with Crippen molar-refractivity contribution in [3.63, 3.8) is 0 Å². The molecule has 2 atom stereocenters. The van der Waals surface area contributed by atoms with Crippen LogP contribution < -0.4 is 30.7 Å². The summed E-state index contributed by atoms with van der Waals surface area (Å²) < 4.78 is 16.8. The SMILES string of the molecule is COc1c(OC(=O)C(C)N)cc2c(c1OC)-c1ccc(SC)c(=O)cc1C(NC(C)=O)CC2. The fourth-order valence-electron chi connectivity index (χ4n) is 3.99. The number of fused-ring (bicyclic) bond motifs is 3. The number of benzene rings is 1. The maximum absolute atomic E-state index is 12.8. The number of rotatable bonds is 6. The minimum atomic E-state index is -0.816. The molecule has 0 saturated heterocycles. The largest absolute Gasteiger partial charge is 0.492 e. The Balaban J connectivity index is 2.36. The number of nitrogens with one attached hydrogen (secondary N) is 1. The van der Waals surface area contributed by atoms with Crippen molar-refractivity contribution in [2.24, 2.45) is 5.73 Å². The third-order valence-corrected chi connectivity index (χ3v) is 6.24. The van der Waals surface area contributed by atoms with Gasteiger partial charge in [0.1, 0.15) is 6.04 Å². The van der Waals surface area contributed by atoms with Crippen LogP contribution in [0.5, 0.6) is 17.2 Å². The van der Waals surface area contributed by atoms with Gasteiger partial charge in [-0.15, -0.1) is 11.8 Å². The van der Waals surface area contributed by atoms with Crippen molar-refractivity contribution in [3.8, 4) is 28.4 Å². The molecule has 0 heterocycles. The van der Waals surface area contributed by atoms with Crippen molar-refractivity contribution < 1.29 is 23.8 Å². The molecule has 2 aromatic rings. The van der Waals surface area contributed by atoms with Crippen LogP contribution in [-0.4, -0.2) is 38.4 Å². The van der Waals surface area contributed by atoms with E-state index in [2.05, 4.69) is 5.32 Å². The van der Waals surface area contributed by atoms with Gasteiger partial charge in [-0.2, -0.15) is 0 Å². The van der Waals surface area contributed by atoms with Crippen LogP contribution in [-0.2, 0) is 16.0 Å². The Labute approximate surface area is 196 Å². The number of nitrogens with two attached hydrogens (primary N) is 1. The molecule has 0 radical (unpaired) electrons. The van der Waals surface area contributed by atoms with E-state index in [0.29, 0.717) is 29.1 Å². The van der Waals surface area contributed by atoms with Crippen molar-refractivity contribution in [3.05, 3.63) is 45.6 Å². The predicted molar refractivity (Wildman–Crippen MR) is 127 cm³/mol. The number of thioether (sulfide) groups is 1. The minimum absolute atomic E-state index is 0.129. The van der Waals surface area contributed by atoms with Gasteiger partial charge in [0.05, 0.1) is 25.2 Å². The molecular weight excluding hydrogens is 444 g/mol. The Kier molecular flexibility index (Phi) is 7.65. The van der Waals surface area contributed by atoms with Gasteiger partial charge < -0.3 is 25.3 Å². The molecule has 176 valence electrons. The first-order valence-corrected chi connectivity index (χ1v) is 11.7. The van der Waals surface area contributed by atoms with Crippen LogP contribution in [0.4, 0.5) is 0 Å². The quantitative estimate of drug-likeness (QED) is 0.374. The van der Waals surface area contributed by atoms with Crippen LogP contribution in [0.2, 0.25) is 0 Å². The van der Waals surface area contributed by atoms with E-state index in [1.807, 2.05) is 12.3 Å². The van der Waals surface area contributed by atoms with Crippen LogP contribution in [0, 0.1) is 0 Å². The van der Waals surface area contributed by atoms with E-state index < -0.39 is 12.0 Å². The molecule has 33 heavy (non-hydrogen) atoms. The van der Waals surface area contributed by atoms with E-state index in [1.165, 1.54) is 39.8 Å². The standard InChI is InChI=1S/C24H28N2O6S/c1-12(25)24(29)32-19-10-14-6-8-17(26-13(2)27)16-11-18(28)20(33-5)9-7-15(16)21(14)23(31-4)22(19)30-3/h7,9-12,17H,6,8,25H2,1-5H3,(H,26,27). The zero-order valence-electron chi connectivity index (χ0n) is 19.3. The molecule has 9 heteroatoms. The number of carbonyl (C=O) groups is 2. The molecule has 3 rings (SSSR count). The maximum atomic E-state index is 12.8. The van der Waals surface area contributed by atoms with Gasteiger partial charge in [-0.3, -0.25) is 9.59 Å². The van der Waals surface area contributed by atoms with Crippen molar-refractivity contribution in [2.45, 2.75) is 43.7 Å². The summed E-state index contributed by atoms with van der Waals surface area (Å²) in [7, 11) is 2.96. The van der Waals surface area contributed by atoms with Crippen LogP contribution in [0.15, 0.2) is 34.0 Å². The minimum Gasteiger partial charge on any atom is -0.492 e. The second-order valence-corrected chi connectivity index (χ2v) is 8.60. The summed E-state index contributed by atoms with van der Waals surface area (Å²) in [6, 6.07) is 5.73. The fraction of sp³-hybridized carbons (Fsp3) is 0.375. The third-order valence-electron chi connectivity index (χ3n) is 5.46. The molecule has 2 unspecified atom stereocenters. The van der Waals surface area contributed by atoms with Crippen molar-refractivity contribution in [1.29, 1.82) is 0 Å². The number of aryl methyl sites for hydroxylation is 1. The molecule has 0 aromatic heterocycles. The van der Waals surface area contributed by atoms with Gasteiger partial charge in [0.2, 0.25) is 11.7 Å². The number of carbonyl (C=O) groups excluding carboxylic acids is 2. The average Bonchev–Trinajstić information content (AvgIpc) is 3.01. The number of amides is 1. The van der Waals surface area contributed by atoms with E-state index in [-0.39, 0.29) is 28.9 Å². The second kappa shape index (κ2) is 10.3. The smallest absolute Gasteiger partial charge is 0.328 e. The van der Waals surface area contributed by atoms with Gasteiger partial charge in [-0.1, -0.05) is 6.07 Å². The van der Waals surface area contributed by atoms with Gasteiger partial charge in [0, 0.05) is 12.5 Å². The molecule has 1 aliphatic rings. The molecular formula is C24H28N2O6S. The van der Waals surface area contributed by atoms with E-state index in [9.17, 15) is 14.4 Å². The van der Waals surface area contributed by atoms with E-state index in [0.717, 1.165) is 16.7 Å². The molecule has 0 spiro atoms. The van der Waals surface area contributed by atoms with Crippen molar-refractivity contribution >= 4 is 23.6 Å². The Morgan fingerprint density at radius 2 is 1.88 bits per heavy atom. The Morgan fingerprint density at radius 1 is 1.18 bits per heavy atom. The lowest BCUT2D eigenvalue weighted by atomic mass is 9.95. The van der Waals surface area contributed by atoms with Gasteiger partial charge in [0.25, 0.3) is 0 Å². The van der Waals surface area contributed by atoms with E-state index >= 15 is 0 Å². The highest BCUT2D eigenvalue weighted by molar-refractivity contribution is 7.98. The first-order valence-electron chi connectivity index (χ1n) is 10.5. The van der Waals surface area contributed by atoms with Gasteiger partial charge in [-0.25, -0.2) is 4.79 Å². The van der Waals surface area contributed by atoms with Crippen molar-refractivity contribution in [1.82, 2.24) is 5.32 Å². The maximum Gasteiger partial charge on any atom is 0.328 e. The highest BCUT2D eigenvalue weighted by Gasteiger charge is 2.30. The van der Waals surface area contributed by atoms with Crippen molar-refractivity contribution in [2.75, 3.05) is 20.5 Å². The van der Waals surface area contributed by atoms with Crippen LogP contribution in [0.1, 0.15) is 37.4 Å². The summed E-state index contributed by atoms with van der Waals surface area (Å²) in [5, 5.41) is 2.96. The van der Waals surface area contributed by atoms with E-state index in [4.69, 9.17) is 19.9 Å². The number of hydrogen-bond donors (Lipinski definition) is 2. The van der Waals surface area contributed by atoms with Gasteiger partial charge in [-0.05, 0) is 60.9 Å². The number of methoxy groups -OCH3 is 2. The van der Waals surface area contributed by atoms with Crippen LogP contribution >= 0.6 is 11.8 Å². The zero-order valence-corrected chi connectivity index (χ0v) is 20.1. The topological polar surface area (TPSA) is 117 Å². The lowest BCUT2D eigenvalue weighted by molar-refractivity contribution is -0.135. The molecule has 1 amide bonds. The number of esters is 1. The summed E-state index contributed by atoms with van der Waals surface area (Å²) in [5.74, 6) is 0.0127. The summed E-state index contributed by atoms with van der Waals surface area (Å²) in [5.41, 5.74) is 8.52. The molecule has 0 saturated carbocycles. The normalized spacial score (nSPS) is 15.4. The molecule has 0 fully saturated rings. The highest BCUT2D eigenvalue weighted by Crippen LogP contribution is 2.50. The Morgan fingerprint density at radius 3 is 2.45 bits per heavy atom.